The minimum absolute atomic E-state index is 0.194. The van der Waals surface area contributed by atoms with Crippen LogP contribution < -0.4 is 5.73 Å². The second-order valence-corrected chi connectivity index (χ2v) is 5.29. The van der Waals surface area contributed by atoms with Crippen LogP contribution in [0.5, 0.6) is 0 Å². The molecule has 98 valence electrons. The Kier molecular flexibility index (Phi) is 4.40. The normalized spacial score (nSPS) is 30.8. The lowest BCUT2D eigenvalue weighted by Gasteiger charge is -2.34. The highest BCUT2D eigenvalue weighted by molar-refractivity contribution is 5.79. The van der Waals surface area contributed by atoms with Gasteiger partial charge in [0.1, 0.15) is 0 Å². The van der Waals surface area contributed by atoms with Crippen molar-refractivity contribution in [2.75, 3.05) is 26.7 Å². The van der Waals surface area contributed by atoms with Crippen molar-refractivity contribution in [1.82, 2.24) is 4.90 Å². The molecule has 2 rings (SSSR count). The Balaban J connectivity index is 1.88. The van der Waals surface area contributed by atoms with E-state index in [1.165, 1.54) is 0 Å². The van der Waals surface area contributed by atoms with Crippen molar-refractivity contribution < 1.29 is 9.53 Å². The largest absolute Gasteiger partial charge is 0.381 e. The topological polar surface area (TPSA) is 55.6 Å². The Bertz CT molecular complexity index is 262. The summed E-state index contributed by atoms with van der Waals surface area (Å²) in [4.78, 5) is 14.4. The number of likely N-dealkylation sites (tertiary alicyclic amines) is 1. The summed E-state index contributed by atoms with van der Waals surface area (Å²) in [7, 11) is 1.75. The average molecular weight is 240 g/mol. The lowest BCUT2D eigenvalue weighted by molar-refractivity contribution is -0.138. The number of piperidine rings is 1. The summed E-state index contributed by atoms with van der Waals surface area (Å²) in [6, 6.07) is 0. The van der Waals surface area contributed by atoms with Crippen molar-refractivity contribution in [2.45, 2.75) is 38.2 Å². The van der Waals surface area contributed by atoms with Crippen LogP contribution in [-0.2, 0) is 9.53 Å². The molecule has 0 aromatic carbocycles. The molecule has 1 aliphatic heterocycles. The fourth-order valence-electron chi connectivity index (χ4n) is 3.19. The molecule has 0 bridgehead atoms. The maximum atomic E-state index is 12.4. The third kappa shape index (κ3) is 2.80. The van der Waals surface area contributed by atoms with Gasteiger partial charge in [0.25, 0.3) is 0 Å². The number of hydrogen-bond acceptors (Lipinski definition) is 3. The van der Waals surface area contributed by atoms with Crippen LogP contribution in [0.25, 0.3) is 0 Å². The minimum Gasteiger partial charge on any atom is -0.381 e. The quantitative estimate of drug-likeness (QED) is 0.800. The lowest BCUT2D eigenvalue weighted by Crippen LogP contribution is -2.44. The zero-order valence-electron chi connectivity index (χ0n) is 10.7. The second kappa shape index (κ2) is 5.83. The van der Waals surface area contributed by atoms with E-state index in [1.807, 2.05) is 4.90 Å². The number of nitrogens with zero attached hydrogens (tertiary/aromatic N) is 1. The number of methoxy groups -OCH3 is 1. The van der Waals surface area contributed by atoms with Gasteiger partial charge in [-0.15, -0.1) is 0 Å². The molecule has 2 N–H and O–H groups in total. The molecule has 0 radical (unpaired) electrons. The van der Waals surface area contributed by atoms with Crippen LogP contribution in [0.1, 0.15) is 32.1 Å². The molecule has 2 aliphatic rings. The van der Waals surface area contributed by atoms with E-state index in [9.17, 15) is 4.79 Å². The van der Waals surface area contributed by atoms with Crippen LogP contribution in [-0.4, -0.2) is 43.7 Å². The first-order valence-corrected chi connectivity index (χ1v) is 6.78. The summed E-state index contributed by atoms with van der Waals surface area (Å²) >= 11 is 0. The van der Waals surface area contributed by atoms with E-state index in [2.05, 4.69) is 0 Å². The number of nitrogens with two attached hydrogens (primary N) is 1. The first-order chi connectivity index (χ1) is 8.26. The van der Waals surface area contributed by atoms with E-state index >= 15 is 0 Å². The van der Waals surface area contributed by atoms with Crippen LogP contribution in [0.15, 0.2) is 0 Å². The number of rotatable bonds is 3. The van der Waals surface area contributed by atoms with E-state index in [0.29, 0.717) is 24.5 Å². The third-order valence-corrected chi connectivity index (χ3v) is 4.37. The summed E-state index contributed by atoms with van der Waals surface area (Å²) in [5.41, 5.74) is 5.74. The maximum absolute atomic E-state index is 12.4. The van der Waals surface area contributed by atoms with Gasteiger partial charge in [0.2, 0.25) is 5.91 Å². The van der Waals surface area contributed by atoms with Crippen LogP contribution >= 0.6 is 0 Å². The number of hydrogen-bond donors (Lipinski definition) is 1. The minimum atomic E-state index is 0.194. The van der Waals surface area contributed by atoms with Crippen LogP contribution in [0.2, 0.25) is 0 Å². The molecule has 1 saturated carbocycles. The molecule has 4 nitrogen and oxygen atoms in total. The smallest absolute Gasteiger partial charge is 0.226 e. The molecule has 0 unspecified atom stereocenters. The molecule has 0 spiro atoms. The van der Waals surface area contributed by atoms with E-state index in [-0.39, 0.29) is 5.92 Å². The zero-order chi connectivity index (χ0) is 12.3. The van der Waals surface area contributed by atoms with Gasteiger partial charge in [-0.1, -0.05) is 6.42 Å². The standard InChI is InChI=1S/C13H24N2O2/c1-17-11-5-7-15(8-6-11)13(16)12-4-2-3-10(12)9-14/h10-12H,2-9,14H2,1H3/t10-,12-/m1/s1. The second-order valence-electron chi connectivity index (χ2n) is 5.29. The zero-order valence-corrected chi connectivity index (χ0v) is 10.7. The predicted molar refractivity (Wildman–Crippen MR) is 66.5 cm³/mol. The van der Waals surface area contributed by atoms with Crippen molar-refractivity contribution >= 4 is 5.91 Å². The Morgan fingerprint density at radius 1 is 1.29 bits per heavy atom. The number of amides is 1. The number of carbonyl (C=O) groups is 1. The highest BCUT2D eigenvalue weighted by Gasteiger charge is 2.35. The van der Waals surface area contributed by atoms with Crippen molar-refractivity contribution in [1.29, 1.82) is 0 Å². The van der Waals surface area contributed by atoms with Gasteiger partial charge >= 0.3 is 0 Å². The Labute approximate surface area is 103 Å². The molecular formula is C13H24N2O2. The highest BCUT2D eigenvalue weighted by atomic mass is 16.5. The van der Waals surface area contributed by atoms with E-state index in [4.69, 9.17) is 10.5 Å². The van der Waals surface area contributed by atoms with Crippen molar-refractivity contribution in [3.63, 3.8) is 0 Å². The van der Waals surface area contributed by atoms with Crippen LogP contribution in [0.3, 0.4) is 0 Å². The number of carbonyl (C=O) groups excluding carboxylic acids is 1. The van der Waals surface area contributed by atoms with E-state index < -0.39 is 0 Å². The van der Waals surface area contributed by atoms with Crippen LogP contribution in [0, 0.1) is 11.8 Å². The molecule has 1 aliphatic carbocycles. The van der Waals surface area contributed by atoms with Gasteiger partial charge in [-0.05, 0) is 38.1 Å². The van der Waals surface area contributed by atoms with Crippen molar-refractivity contribution in [3.05, 3.63) is 0 Å². The summed E-state index contributed by atoms with van der Waals surface area (Å²) in [6.45, 7) is 2.36. The molecule has 1 heterocycles. The lowest BCUT2D eigenvalue weighted by atomic mass is 9.93. The molecular weight excluding hydrogens is 216 g/mol. The van der Waals surface area contributed by atoms with Gasteiger partial charge in [0, 0.05) is 26.1 Å². The molecule has 0 aromatic rings. The number of ether oxygens (including phenoxy) is 1. The van der Waals surface area contributed by atoms with E-state index in [1.54, 1.807) is 7.11 Å². The van der Waals surface area contributed by atoms with Crippen LogP contribution in [0.4, 0.5) is 0 Å². The average Bonchev–Trinajstić information content (AvgIpc) is 2.86. The summed E-state index contributed by atoms with van der Waals surface area (Å²) in [5, 5.41) is 0. The SMILES string of the molecule is COC1CCN(C(=O)[C@@H]2CCC[C@@H]2CN)CC1. The van der Waals surface area contributed by atoms with Crippen molar-refractivity contribution in [2.24, 2.45) is 17.6 Å². The third-order valence-electron chi connectivity index (χ3n) is 4.37. The molecule has 1 saturated heterocycles. The summed E-state index contributed by atoms with van der Waals surface area (Å²) in [6.07, 6.45) is 5.61. The Hall–Kier alpha value is -0.610. The monoisotopic (exact) mass is 240 g/mol. The van der Waals surface area contributed by atoms with Gasteiger partial charge in [0.05, 0.1) is 6.10 Å². The van der Waals surface area contributed by atoms with Gasteiger partial charge in [0.15, 0.2) is 0 Å². The van der Waals surface area contributed by atoms with Crippen molar-refractivity contribution in [3.8, 4) is 0 Å². The molecule has 0 aromatic heterocycles. The molecule has 2 atom stereocenters. The predicted octanol–water partition coefficient (Wildman–Crippen LogP) is 0.999. The molecule has 17 heavy (non-hydrogen) atoms. The first-order valence-electron chi connectivity index (χ1n) is 6.78. The molecule has 1 amide bonds. The molecule has 2 fully saturated rings. The summed E-state index contributed by atoms with van der Waals surface area (Å²) in [5.74, 6) is 0.953. The highest BCUT2D eigenvalue weighted by Crippen LogP contribution is 2.33. The fourth-order valence-corrected chi connectivity index (χ4v) is 3.19. The summed E-state index contributed by atoms with van der Waals surface area (Å²) < 4.78 is 5.33. The molecule has 4 heteroatoms. The van der Waals surface area contributed by atoms with Gasteiger partial charge in [-0.3, -0.25) is 4.79 Å². The van der Waals surface area contributed by atoms with Gasteiger partial charge < -0.3 is 15.4 Å². The fraction of sp³-hybridized carbons (Fsp3) is 0.923. The van der Waals surface area contributed by atoms with E-state index in [0.717, 1.165) is 45.2 Å². The Morgan fingerprint density at radius 2 is 2.00 bits per heavy atom. The first kappa shape index (κ1) is 12.8. The van der Waals surface area contributed by atoms with Gasteiger partial charge in [-0.2, -0.15) is 0 Å². The maximum Gasteiger partial charge on any atom is 0.226 e. The van der Waals surface area contributed by atoms with Gasteiger partial charge in [-0.25, -0.2) is 0 Å². The Morgan fingerprint density at radius 3 is 2.59 bits per heavy atom.